The summed E-state index contributed by atoms with van der Waals surface area (Å²) in [6.07, 6.45) is 2.87. The number of aromatic hydroxyl groups is 1. The van der Waals surface area contributed by atoms with Crippen molar-refractivity contribution in [2.24, 2.45) is 0 Å². The van der Waals surface area contributed by atoms with Gasteiger partial charge in [-0.3, -0.25) is 0 Å². The van der Waals surface area contributed by atoms with E-state index in [1.54, 1.807) is 6.07 Å². The molecule has 0 amide bonds. The molecule has 3 heteroatoms. The number of hydrogen-bond acceptors (Lipinski definition) is 2. The zero-order valence-electron chi connectivity index (χ0n) is 9.97. The van der Waals surface area contributed by atoms with Gasteiger partial charge in [0.05, 0.1) is 10.2 Å². The van der Waals surface area contributed by atoms with Crippen molar-refractivity contribution >= 4 is 12.2 Å². The standard InChI is InChI=1S/C14H15NOS/c1-3-11-6-4-5-7-12(11)15-9-8-13(17)14(16)10(15)2/h4-9,16H,3H2,1-2H3. The molecule has 88 valence electrons. The van der Waals surface area contributed by atoms with Gasteiger partial charge in [-0.25, -0.2) is 0 Å². The molecule has 0 spiro atoms. The van der Waals surface area contributed by atoms with Crippen LogP contribution in [0, 0.1) is 11.4 Å². The van der Waals surface area contributed by atoms with Crippen molar-refractivity contribution in [1.29, 1.82) is 0 Å². The monoisotopic (exact) mass is 245 g/mol. The molecule has 0 atom stereocenters. The molecule has 0 aliphatic carbocycles. The van der Waals surface area contributed by atoms with Crippen LogP contribution in [0.2, 0.25) is 0 Å². The Labute approximate surface area is 106 Å². The summed E-state index contributed by atoms with van der Waals surface area (Å²) in [6, 6.07) is 9.93. The zero-order valence-corrected chi connectivity index (χ0v) is 10.8. The third kappa shape index (κ3) is 2.11. The first-order chi connectivity index (χ1) is 8.15. The van der Waals surface area contributed by atoms with Gasteiger partial charge in [-0.2, -0.15) is 0 Å². The first-order valence-electron chi connectivity index (χ1n) is 5.64. The van der Waals surface area contributed by atoms with Gasteiger partial charge in [0, 0.05) is 11.9 Å². The van der Waals surface area contributed by atoms with Crippen molar-refractivity contribution in [1.82, 2.24) is 4.57 Å². The Morgan fingerprint density at radius 2 is 1.94 bits per heavy atom. The Hall–Kier alpha value is -1.61. The Morgan fingerprint density at radius 3 is 2.65 bits per heavy atom. The molecule has 1 heterocycles. The largest absolute Gasteiger partial charge is 0.505 e. The summed E-state index contributed by atoms with van der Waals surface area (Å²) in [7, 11) is 0. The van der Waals surface area contributed by atoms with E-state index in [4.69, 9.17) is 12.2 Å². The number of benzene rings is 1. The highest BCUT2D eigenvalue weighted by atomic mass is 32.1. The van der Waals surface area contributed by atoms with Gasteiger partial charge in [0.2, 0.25) is 0 Å². The average molecular weight is 245 g/mol. The number of hydrogen-bond donors (Lipinski definition) is 1. The zero-order chi connectivity index (χ0) is 12.4. The van der Waals surface area contributed by atoms with E-state index in [1.807, 2.05) is 35.9 Å². The third-order valence-corrected chi connectivity index (χ3v) is 3.27. The van der Waals surface area contributed by atoms with Crippen LogP contribution in [0.1, 0.15) is 18.2 Å². The Balaban J connectivity index is 2.69. The third-order valence-electron chi connectivity index (χ3n) is 2.94. The van der Waals surface area contributed by atoms with E-state index < -0.39 is 0 Å². The van der Waals surface area contributed by atoms with Crippen molar-refractivity contribution in [2.75, 3.05) is 0 Å². The molecule has 0 saturated heterocycles. The summed E-state index contributed by atoms with van der Waals surface area (Å²) in [4.78, 5) is 0. The van der Waals surface area contributed by atoms with Crippen LogP contribution in [-0.4, -0.2) is 9.67 Å². The van der Waals surface area contributed by atoms with Gasteiger partial charge in [0.15, 0.2) is 5.75 Å². The first kappa shape index (κ1) is 11.9. The van der Waals surface area contributed by atoms with Crippen molar-refractivity contribution in [3.05, 3.63) is 52.3 Å². The normalized spacial score (nSPS) is 10.5. The van der Waals surface area contributed by atoms with Crippen LogP contribution in [0.15, 0.2) is 36.5 Å². The summed E-state index contributed by atoms with van der Waals surface area (Å²) in [5.74, 6) is 0.188. The highest BCUT2D eigenvalue weighted by Crippen LogP contribution is 2.23. The maximum absolute atomic E-state index is 9.89. The van der Waals surface area contributed by atoms with Gasteiger partial charge in [-0.05, 0) is 31.0 Å². The first-order valence-corrected chi connectivity index (χ1v) is 6.05. The predicted molar refractivity (Wildman–Crippen MR) is 72.4 cm³/mol. The molecule has 0 fully saturated rings. The van der Waals surface area contributed by atoms with Gasteiger partial charge in [-0.15, -0.1) is 0 Å². The fourth-order valence-corrected chi connectivity index (χ4v) is 2.14. The van der Waals surface area contributed by atoms with Crippen molar-refractivity contribution in [3.63, 3.8) is 0 Å². The van der Waals surface area contributed by atoms with Crippen LogP contribution < -0.4 is 0 Å². The van der Waals surface area contributed by atoms with Crippen LogP contribution in [0.4, 0.5) is 0 Å². The van der Waals surface area contributed by atoms with Crippen molar-refractivity contribution < 1.29 is 5.11 Å². The topological polar surface area (TPSA) is 25.2 Å². The van der Waals surface area contributed by atoms with E-state index in [1.165, 1.54) is 5.56 Å². The Bertz CT molecular complexity index is 601. The number of rotatable bonds is 2. The van der Waals surface area contributed by atoms with Gasteiger partial charge >= 0.3 is 0 Å². The number of aryl methyl sites for hydroxylation is 1. The molecule has 0 aliphatic rings. The minimum absolute atomic E-state index is 0.188. The molecule has 2 nitrogen and oxygen atoms in total. The number of nitrogens with zero attached hydrogens (tertiary/aromatic N) is 1. The van der Waals surface area contributed by atoms with Crippen LogP contribution in [-0.2, 0) is 6.42 Å². The maximum atomic E-state index is 9.89. The second-order valence-electron chi connectivity index (χ2n) is 3.97. The highest BCUT2D eigenvalue weighted by Gasteiger charge is 2.07. The van der Waals surface area contributed by atoms with E-state index in [0.29, 0.717) is 4.51 Å². The lowest BCUT2D eigenvalue weighted by Gasteiger charge is -2.15. The van der Waals surface area contributed by atoms with E-state index in [-0.39, 0.29) is 5.75 Å². The predicted octanol–water partition coefficient (Wildman–Crippen LogP) is 3.78. The SMILES string of the molecule is CCc1ccccc1-n1ccc(=S)c(O)c1C. The maximum Gasteiger partial charge on any atom is 0.153 e. The second kappa shape index (κ2) is 4.72. The highest BCUT2D eigenvalue weighted by molar-refractivity contribution is 7.71. The molecule has 2 rings (SSSR count). The molecular weight excluding hydrogens is 230 g/mol. The van der Waals surface area contributed by atoms with Gasteiger partial charge in [0.25, 0.3) is 0 Å². The molecule has 17 heavy (non-hydrogen) atoms. The molecule has 1 aromatic carbocycles. The van der Waals surface area contributed by atoms with E-state index in [9.17, 15) is 5.11 Å². The number of aromatic nitrogens is 1. The molecular formula is C14H15NOS. The molecule has 0 aliphatic heterocycles. The lowest BCUT2D eigenvalue weighted by Crippen LogP contribution is -2.03. The Kier molecular flexibility index (Phi) is 3.29. The fourth-order valence-electron chi connectivity index (χ4n) is 1.93. The molecule has 2 aromatic rings. The van der Waals surface area contributed by atoms with Crippen molar-refractivity contribution in [3.8, 4) is 11.4 Å². The fraction of sp³-hybridized carbons (Fsp3) is 0.214. The van der Waals surface area contributed by atoms with E-state index >= 15 is 0 Å². The summed E-state index contributed by atoms with van der Waals surface area (Å²) in [5.41, 5.74) is 3.12. The van der Waals surface area contributed by atoms with Gasteiger partial charge in [-0.1, -0.05) is 37.3 Å². The lowest BCUT2D eigenvalue weighted by atomic mass is 10.1. The number of pyridine rings is 1. The average Bonchev–Trinajstić information content (AvgIpc) is 2.36. The smallest absolute Gasteiger partial charge is 0.153 e. The molecule has 1 N–H and O–H groups in total. The summed E-state index contributed by atoms with van der Waals surface area (Å²) in [5, 5.41) is 9.89. The molecule has 0 saturated carbocycles. The molecule has 0 unspecified atom stereocenters. The van der Waals surface area contributed by atoms with Crippen LogP contribution >= 0.6 is 12.2 Å². The molecule has 0 bridgehead atoms. The molecule has 1 aromatic heterocycles. The van der Waals surface area contributed by atoms with Crippen LogP contribution in [0.25, 0.3) is 5.69 Å². The lowest BCUT2D eigenvalue weighted by molar-refractivity contribution is 0.462. The summed E-state index contributed by atoms with van der Waals surface area (Å²) >= 11 is 5.05. The number of para-hydroxylation sites is 1. The Morgan fingerprint density at radius 1 is 1.24 bits per heavy atom. The van der Waals surface area contributed by atoms with E-state index in [0.717, 1.165) is 17.8 Å². The summed E-state index contributed by atoms with van der Waals surface area (Å²) in [6.45, 7) is 3.99. The van der Waals surface area contributed by atoms with Gasteiger partial charge < -0.3 is 9.67 Å². The van der Waals surface area contributed by atoms with Gasteiger partial charge in [0.1, 0.15) is 0 Å². The minimum Gasteiger partial charge on any atom is -0.505 e. The van der Waals surface area contributed by atoms with Crippen LogP contribution in [0.3, 0.4) is 0 Å². The summed E-state index contributed by atoms with van der Waals surface area (Å²) < 4.78 is 2.47. The van der Waals surface area contributed by atoms with E-state index in [2.05, 4.69) is 13.0 Å². The molecule has 0 radical (unpaired) electrons. The quantitative estimate of drug-likeness (QED) is 0.814. The minimum atomic E-state index is 0.188. The second-order valence-corrected chi connectivity index (χ2v) is 4.41. The van der Waals surface area contributed by atoms with Crippen molar-refractivity contribution in [2.45, 2.75) is 20.3 Å². The van der Waals surface area contributed by atoms with Crippen LogP contribution in [0.5, 0.6) is 5.75 Å².